The molecule has 0 spiro atoms. The first kappa shape index (κ1) is 15.7. The molecule has 3 heterocycles. The van der Waals surface area contributed by atoms with Crippen LogP contribution in [0, 0.1) is 0 Å². The first-order valence-electron chi connectivity index (χ1n) is 7.97. The summed E-state index contributed by atoms with van der Waals surface area (Å²) in [5.41, 5.74) is 0.681. The number of rotatable bonds is 5. The van der Waals surface area contributed by atoms with Gasteiger partial charge in [-0.25, -0.2) is 14.6 Å². The van der Waals surface area contributed by atoms with Gasteiger partial charge in [0.1, 0.15) is 18.7 Å². The van der Waals surface area contributed by atoms with Gasteiger partial charge in [-0.3, -0.25) is 4.79 Å². The first-order valence-corrected chi connectivity index (χ1v) is 7.97. The van der Waals surface area contributed by atoms with E-state index in [2.05, 4.69) is 25.3 Å². The molecular formula is C15H22N6O2. The molecule has 1 amide bonds. The number of aromatic nitrogens is 4. The van der Waals surface area contributed by atoms with Crippen molar-refractivity contribution in [1.29, 1.82) is 0 Å². The van der Waals surface area contributed by atoms with Crippen LogP contribution in [-0.2, 0) is 16.1 Å². The summed E-state index contributed by atoms with van der Waals surface area (Å²) in [5, 5.41) is 8.13. The molecule has 0 saturated carbocycles. The molecule has 2 aromatic rings. The molecule has 0 aromatic carbocycles. The minimum Gasteiger partial charge on any atom is -0.378 e. The number of anilines is 1. The van der Waals surface area contributed by atoms with E-state index in [1.807, 2.05) is 13.8 Å². The molecule has 3 rings (SSSR count). The second-order valence-electron chi connectivity index (χ2n) is 5.71. The van der Waals surface area contributed by atoms with E-state index in [0.717, 1.165) is 30.7 Å². The molecule has 8 heteroatoms. The Bertz CT molecular complexity index is 680. The fraction of sp³-hybridized carbons (Fsp3) is 0.600. The Balaban J connectivity index is 1.82. The van der Waals surface area contributed by atoms with E-state index in [1.54, 1.807) is 10.9 Å². The molecule has 0 aliphatic carbocycles. The lowest BCUT2D eigenvalue weighted by Crippen LogP contribution is -2.37. The van der Waals surface area contributed by atoms with Gasteiger partial charge in [-0.2, -0.15) is 5.10 Å². The van der Waals surface area contributed by atoms with Gasteiger partial charge in [0.05, 0.1) is 24.8 Å². The third-order valence-electron chi connectivity index (χ3n) is 4.04. The third kappa shape index (κ3) is 3.42. The Labute approximate surface area is 134 Å². The number of fused-ring (bicyclic) bond motifs is 1. The molecule has 1 atom stereocenters. The molecule has 8 nitrogen and oxygen atoms in total. The summed E-state index contributed by atoms with van der Waals surface area (Å²) in [6, 6.07) is 0.155. The van der Waals surface area contributed by atoms with Crippen molar-refractivity contribution in [2.45, 2.75) is 32.9 Å². The van der Waals surface area contributed by atoms with E-state index in [4.69, 9.17) is 4.74 Å². The van der Waals surface area contributed by atoms with E-state index in [1.165, 1.54) is 6.33 Å². The van der Waals surface area contributed by atoms with Gasteiger partial charge in [0, 0.05) is 19.1 Å². The Morgan fingerprint density at radius 1 is 1.39 bits per heavy atom. The highest BCUT2D eigenvalue weighted by Crippen LogP contribution is 2.23. The number of carbonyl (C=O) groups excluding carboxylic acids is 1. The zero-order valence-electron chi connectivity index (χ0n) is 13.5. The fourth-order valence-corrected chi connectivity index (χ4v) is 2.58. The van der Waals surface area contributed by atoms with Crippen LogP contribution in [0.3, 0.4) is 0 Å². The normalized spacial score (nSPS) is 16.5. The minimum atomic E-state index is -0.0594. The average Bonchev–Trinajstić information content (AvgIpc) is 2.98. The summed E-state index contributed by atoms with van der Waals surface area (Å²) < 4.78 is 7.00. The second-order valence-corrected chi connectivity index (χ2v) is 5.71. The van der Waals surface area contributed by atoms with E-state index in [9.17, 15) is 4.79 Å². The lowest BCUT2D eigenvalue weighted by atomic mass is 10.2. The van der Waals surface area contributed by atoms with Crippen LogP contribution in [0.2, 0.25) is 0 Å². The van der Waals surface area contributed by atoms with Crippen LogP contribution in [0.1, 0.15) is 20.3 Å². The molecule has 1 aliphatic rings. The highest BCUT2D eigenvalue weighted by molar-refractivity contribution is 5.87. The molecule has 1 N–H and O–H groups in total. The third-order valence-corrected chi connectivity index (χ3v) is 4.04. The summed E-state index contributed by atoms with van der Waals surface area (Å²) >= 11 is 0. The Morgan fingerprint density at radius 2 is 2.17 bits per heavy atom. The molecule has 0 radical (unpaired) electrons. The summed E-state index contributed by atoms with van der Waals surface area (Å²) in [7, 11) is 0. The number of nitrogens with one attached hydrogen (secondary N) is 1. The second kappa shape index (κ2) is 6.91. The largest absolute Gasteiger partial charge is 0.378 e. The van der Waals surface area contributed by atoms with Gasteiger partial charge in [0.25, 0.3) is 0 Å². The van der Waals surface area contributed by atoms with E-state index >= 15 is 0 Å². The molecule has 1 aliphatic heterocycles. The van der Waals surface area contributed by atoms with Crippen LogP contribution in [0.15, 0.2) is 12.5 Å². The molecule has 1 fully saturated rings. The van der Waals surface area contributed by atoms with Gasteiger partial charge in [0.15, 0.2) is 5.65 Å². The van der Waals surface area contributed by atoms with Gasteiger partial charge in [0.2, 0.25) is 5.91 Å². The van der Waals surface area contributed by atoms with Crippen molar-refractivity contribution in [3.8, 4) is 0 Å². The van der Waals surface area contributed by atoms with Crippen molar-refractivity contribution in [1.82, 2.24) is 25.1 Å². The van der Waals surface area contributed by atoms with E-state index < -0.39 is 0 Å². The topological polar surface area (TPSA) is 85.2 Å². The monoisotopic (exact) mass is 318 g/mol. The maximum Gasteiger partial charge on any atom is 0.242 e. The zero-order chi connectivity index (χ0) is 16.2. The van der Waals surface area contributed by atoms with Crippen molar-refractivity contribution in [3.05, 3.63) is 12.5 Å². The van der Waals surface area contributed by atoms with Crippen LogP contribution in [-0.4, -0.2) is 58.0 Å². The SMILES string of the molecule is CC[C@H](C)NC(=O)Cn1ncc2c(N3CCOCC3)ncnc21. The van der Waals surface area contributed by atoms with Crippen LogP contribution in [0.25, 0.3) is 11.0 Å². The predicted molar refractivity (Wildman–Crippen MR) is 86.3 cm³/mol. The lowest BCUT2D eigenvalue weighted by molar-refractivity contribution is -0.122. The van der Waals surface area contributed by atoms with E-state index in [0.29, 0.717) is 18.9 Å². The first-order chi connectivity index (χ1) is 11.2. The maximum absolute atomic E-state index is 12.1. The lowest BCUT2D eigenvalue weighted by Gasteiger charge is -2.27. The van der Waals surface area contributed by atoms with Gasteiger partial charge in [-0.05, 0) is 13.3 Å². The smallest absolute Gasteiger partial charge is 0.242 e. The maximum atomic E-state index is 12.1. The standard InChI is InChI=1S/C15H22N6O2/c1-3-11(2)19-13(22)9-21-15-12(8-18-21)14(16-10-17-15)20-4-6-23-7-5-20/h8,10-11H,3-7,9H2,1-2H3,(H,19,22)/t11-/m0/s1. The Hall–Kier alpha value is -2.22. The molecular weight excluding hydrogens is 296 g/mol. The Kier molecular flexibility index (Phi) is 4.71. The summed E-state index contributed by atoms with van der Waals surface area (Å²) in [5.74, 6) is 0.794. The summed E-state index contributed by atoms with van der Waals surface area (Å²) in [6.07, 6.45) is 4.16. The van der Waals surface area contributed by atoms with Gasteiger partial charge in [-0.15, -0.1) is 0 Å². The van der Waals surface area contributed by atoms with Gasteiger partial charge < -0.3 is 15.0 Å². The van der Waals surface area contributed by atoms with Crippen molar-refractivity contribution >= 4 is 22.8 Å². The van der Waals surface area contributed by atoms with Crippen molar-refractivity contribution in [2.24, 2.45) is 0 Å². The van der Waals surface area contributed by atoms with Crippen molar-refractivity contribution in [3.63, 3.8) is 0 Å². The highest BCUT2D eigenvalue weighted by atomic mass is 16.5. The highest BCUT2D eigenvalue weighted by Gasteiger charge is 2.18. The van der Waals surface area contributed by atoms with Crippen LogP contribution in [0.5, 0.6) is 0 Å². The fourth-order valence-electron chi connectivity index (χ4n) is 2.58. The predicted octanol–water partition coefficient (Wildman–Crippen LogP) is 0.578. The van der Waals surface area contributed by atoms with Gasteiger partial charge >= 0.3 is 0 Å². The average molecular weight is 318 g/mol. The van der Waals surface area contributed by atoms with Gasteiger partial charge in [-0.1, -0.05) is 6.92 Å². The minimum absolute atomic E-state index is 0.0594. The number of nitrogens with zero attached hydrogens (tertiary/aromatic N) is 5. The summed E-state index contributed by atoms with van der Waals surface area (Å²) in [6.45, 7) is 7.16. The Morgan fingerprint density at radius 3 is 2.91 bits per heavy atom. The number of carbonyl (C=O) groups is 1. The molecule has 0 unspecified atom stereocenters. The van der Waals surface area contributed by atoms with E-state index in [-0.39, 0.29) is 18.5 Å². The molecule has 0 bridgehead atoms. The molecule has 2 aromatic heterocycles. The van der Waals surface area contributed by atoms with Crippen LogP contribution < -0.4 is 10.2 Å². The molecule has 23 heavy (non-hydrogen) atoms. The summed E-state index contributed by atoms with van der Waals surface area (Å²) in [4.78, 5) is 22.9. The molecule has 1 saturated heterocycles. The van der Waals surface area contributed by atoms with Crippen molar-refractivity contribution in [2.75, 3.05) is 31.2 Å². The quantitative estimate of drug-likeness (QED) is 0.868. The molecule has 124 valence electrons. The van der Waals surface area contributed by atoms with Crippen LogP contribution >= 0.6 is 0 Å². The zero-order valence-corrected chi connectivity index (χ0v) is 13.5. The number of hydrogen-bond donors (Lipinski definition) is 1. The van der Waals surface area contributed by atoms with Crippen LogP contribution in [0.4, 0.5) is 5.82 Å². The number of ether oxygens (including phenoxy) is 1. The number of amides is 1. The number of hydrogen-bond acceptors (Lipinski definition) is 6. The van der Waals surface area contributed by atoms with Crippen molar-refractivity contribution < 1.29 is 9.53 Å². The number of morpholine rings is 1.